The highest BCUT2D eigenvalue weighted by molar-refractivity contribution is 7.21. The Balaban J connectivity index is 1.66. The van der Waals surface area contributed by atoms with E-state index >= 15 is 0 Å². The molecule has 0 bridgehead atoms. The zero-order valence-corrected chi connectivity index (χ0v) is 15.7. The number of rotatable bonds is 5. The Morgan fingerprint density at radius 1 is 1.14 bits per heavy atom. The van der Waals surface area contributed by atoms with Gasteiger partial charge in [0.15, 0.2) is 10.8 Å². The molecule has 0 atom stereocenters. The van der Waals surface area contributed by atoms with Gasteiger partial charge in [-0.1, -0.05) is 24.3 Å². The highest BCUT2D eigenvalue weighted by Gasteiger charge is 2.17. The monoisotopic (exact) mass is 386 g/mol. The van der Waals surface area contributed by atoms with Crippen LogP contribution in [0.2, 0.25) is 0 Å². The summed E-state index contributed by atoms with van der Waals surface area (Å²) in [6.45, 7) is 0. The minimum absolute atomic E-state index is 0.0327. The summed E-state index contributed by atoms with van der Waals surface area (Å²) < 4.78 is 12.1. The lowest BCUT2D eigenvalue weighted by Crippen LogP contribution is -2.04. The van der Waals surface area contributed by atoms with Crippen molar-refractivity contribution in [3.05, 3.63) is 77.6 Å². The van der Waals surface area contributed by atoms with Gasteiger partial charge in [0.05, 0.1) is 22.9 Å². The molecule has 4 rings (SSSR count). The Kier molecular flexibility index (Phi) is 4.75. The predicted molar refractivity (Wildman–Crippen MR) is 108 cm³/mol. The number of Topliss-reactive ketones (excluding diaryl/α,β-unsaturated/α-hetero) is 1. The second kappa shape index (κ2) is 7.51. The maximum Gasteiger partial charge on any atom is 0.207 e. The van der Waals surface area contributed by atoms with Crippen LogP contribution in [0.4, 0.5) is 0 Å². The summed E-state index contributed by atoms with van der Waals surface area (Å²) in [6.07, 6.45) is 1.44. The Hall–Kier alpha value is -3.69. The Labute approximate surface area is 165 Å². The van der Waals surface area contributed by atoms with E-state index in [0.717, 1.165) is 15.2 Å². The third-order valence-electron chi connectivity index (χ3n) is 4.13. The first-order valence-electron chi connectivity index (χ1n) is 8.45. The summed E-state index contributed by atoms with van der Waals surface area (Å²) in [5.41, 5.74) is 1.20. The molecule has 0 N–H and O–H groups in total. The molecular weight excluding hydrogens is 372 g/mol. The Morgan fingerprint density at radius 2 is 1.93 bits per heavy atom. The number of benzene rings is 2. The van der Waals surface area contributed by atoms with Crippen LogP contribution in [-0.4, -0.2) is 17.9 Å². The van der Waals surface area contributed by atoms with Gasteiger partial charge in [0.1, 0.15) is 23.2 Å². The quantitative estimate of drug-likeness (QED) is 0.262. The second-order valence-corrected chi connectivity index (χ2v) is 6.92. The molecule has 4 aromatic rings. The van der Waals surface area contributed by atoms with Gasteiger partial charge in [0, 0.05) is 6.08 Å². The first-order chi connectivity index (χ1) is 13.7. The summed E-state index contributed by atoms with van der Waals surface area (Å²) in [5.74, 6) is 1.00. The highest BCUT2D eigenvalue weighted by Crippen LogP contribution is 2.31. The number of carbonyl (C=O) groups is 1. The summed E-state index contributed by atoms with van der Waals surface area (Å²) in [5, 5.41) is 10.2. The van der Waals surface area contributed by atoms with Crippen molar-refractivity contribution in [2.24, 2.45) is 0 Å². The van der Waals surface area contributed by atoms with Crippen LogP contribution in [0.1, 0.15) is 16.1 Å². The van der Waals surface area contributed by atoms with Crippen molar-refractivity contribution in [1.82, 2.24) is 4.98 Å². The molecule has 136 valence electrons. The van der Waals surface area contributed by atoms with Gasteiger partial charge in [0.25, 0.3) is 0 Å². The van der Waals surface area contributed by atoms with Crippen molar-refractivity contribution < 1.29 is 13.9 Å². The van der Waals surface area contributed by atoms with Crippen molar-refractivity contribution in [3.63, 3.8) is 0 Å². The molecule has 2 aromatic carbocycles. The van der Waals surface area contributed by atoms with Crippen LogP contribution in [0.3, 0.4) is 0 Å². The number of furan rings is 1. The van der Waals surface area contributed by atoms with E-state index in [2.05, 4.69) is 4.98 Å². The molecule has 2 aromatic heterocycles. The smallest absolute Gasteiger partial charge is 0.207 e. The SMILES string of the molecule is COc1ccccc1C(=O)/C(C#N)=C/c1ccc(-c2nc3ccccc3s2)o1. The van der Waals surface area contributed by atoms with Gasteiger partial charge in [0.2, 0.25) is 5.78 Å². The third kappa shape index (κ3) is 3.31. The molecule has 0 saturated carbocycles. The summed E-state index contributed by atoms with van der Waals surface area (Å²) in [7, 11) is 1.48. The lowest BCUT2D eigenvalue weighted by atomic mass is 10.0. The van der Waals surface area contributed by atoms with Gasteiger partial charge in [-0.2, -0.15) is 5.26 Å². The third-order valence-corrected chi connectivity index (χ3v) is 5.19. The van der Waals surface area contributed by atoms with Gasteiger partial charge >= 0.3 is 0 Å². The molecule has 0 amide bonds. The molecule has 28 heavy (non-hydrogen) atoms. The zero-order valence-electron chi connectivity index (χ0n) is 14.9. The molecule has 0 unspecified atom stereocenters. The van der Waals surface area contributed by atoms with Crippen LogP contribution < -0.4 is 4.74 Å². The number of ether oxygens (including phenoxy) is 1. The van der Waals surface area contributed by atoms with Gasteiger partial charge in [-0.05, 0) is 36.4 Å². The minimum Gasteiger partial charge on any atom is -0.496 e. The first-order valence-corrected chi connectivity index (χ1v) is 9.26. The van der Waals surface area contributed by atoms with Gasteiger partial charge in [-0.3, -0.25) is 4.79 Å². The van der Waals surface area contributed by atoms with Crippen LogP contribution in [0.5, 0.6) is 5.75 Å². The number of thiazole rings is 1. The van der Waals surface area contributed by atoms with Crippen LogP contribution in [0.25, 0.3) is 27.1 Å². The predicted octanol–water partition coefficient (Wildman–Crippen LogP) is 5.35. The summed E-state index contributed by atoms with van der Waals surface area (Å²) in [6, 6.07) is 20.1. The molecule has 0 fully saturated rings. The number of nitrogens with zero attached hydrogens (tertiary/aromatic N) is 2. The molecule has 0 aliphatic carbocycles. The number of methoxy groups -OCH3 is 1. The normalized spacial score (nSPS) is 11.4. The molecule has 0 aliphatic rings. The number of nitriles is 1. The van der Waals surface area contributed by atoms with E-state index < -0.39 is 5.78 Å². The van der Waals surface area contributed by atoms with E-state index in [1.165, 1.54) is 24.5 Å². The fourth-order valence-corrected chi connectivity index (χ4v) is 3.72. The van der Waals surface area contributed by atoms with E-state index in [1.807, 2.05) is 30.3 Å². The van der Waals surface area contributed by atoms with Crippen LogP contribution >= 0.6 is 11.3 Å². The van der Waals surface area contributed by atoms with Crippen LogP contribution in [0, 0.1) is 11.3 Å². The maximum absolute atomic E-state index is 12.7. The van der Waals surface area contributed by atoms with Crippen LogP contribution in [0.15, 0.2) is 70.7 Å². The number of hydrogen-bond acceptors (Lipinski definition) is 6. The van der Waals surface area contributed by atoms with Crippen molar-refractivity contribution in [2.75, 3.05) is 7.11 Å². The summed E-state index contributed by atoms with van der Waals surface area (Å²) >= 11 is 1.52. The fourth-order valence-electron chi connectivity index (χ4n) is 2.79. The van der Waals surface area contributed by atoms with Crippen molar-refractivity contribution >= 4 is 33.4 Å². The molecule has 5 nitrogen and oxygen atoms in total. The Morgan fingerprint density at radius 3 is 2.71 bits per heavy atom. The zero-order chi connectivity index (χ0) is 19.5. The topological polar surface area (TPSA) is 76.1 Å². The second-order valence-electron chi connectivity index (χ2n) is 5.89. The number of ketones is 1. The number of para-hydroxylation sites is 2. The number of fused-ring (bicyclic) bond motifs is 1. The van der Waals surface area contributed by atoms with E-state index in [1.54, 1.807) is 36.4 Å². The van der Waals surface area contributed by atoms with E-state index in [-0.39, 0.29) is 5.57 Å². The lowest BCUT2D eigenvalue weighted by molar-refractivity contribution is 0.103. The van der Waals surface area contributed by atoms with E-state index in [0.29, 0.717) is 22.8 Å². The number of carbonyl (C=O) groups excluding carboxylic acids is 1. The van der Waals surface area contributed by atoms with Crippen molar-refractivity contribution in [3.8, 4) is 22.6 Å². The number of allylic oxidation sites excluding steroid dienone is 1. The standard InChI is InChI=1S/C22H14N2O3S/c1-26-18-8-4-2-6-16(18)21(25)14(13-23)12-15-10-11-19(27-15)22-24-17-7-3-5-9-20(17)28-22/h2-12H,1H3/b14-12+. The molecule has 0 saturated heterocycles. The Bertz CT molecular complexity index is 1210. The highest BCUT2D eigenvalue weighted by atomic mass is 32.1. The number of hydrogen-bond donors (Lipinski definition) is 0. The fraction of sp³-hybridized carbons (Fsp3) is 0.0455. The molecular formula is C22H14N2O3S. The average Bonchev–Trinajstić information content (AvgIpc) is 3.38. The summed E-state index contributed by atoms with van der Waals surface area (Å²) in [4.78, 5) is 17.3. The van der Waals surface area contributed by atoms with Crippen LogP contribution in [-0.2, 0) is 0 Å². The first kappa shape index (κ1) is 17.7. The minimum atomic E-state index is -0.419. The van der Waals surface area contributed by atoms with E-state index in [4.69, 9.17) is 9.15 Å². The molecule has 2 heterocycles. The van der Waals surface area contributed by atoms with E-state index in [9.17, 15) is 10.1 Å². The van der Waals surface area contributed by atoms with Gasteiger partial charge in [-0.25, -0.2) is 4.98 Å². The molecule has 0 spiro atoms. The molecule has 6 heteroatoms. The lowest BCUT2D eigenvalue weighted by Gasteiger charge is -2.05. The molecule has 0 aliphatic heterocycles. The maximum atomic E-state index is 12.7. The van der Waals surface area contributed by atoms with Crippen molar-refractivity contribution in [1.29, 1.82) is 5.26 Å². The van der Waals surface area contributed by atoms with Gasteiger partial charge in [-0.15, -0.1) is 11.3 Å². The molecule has 0 radical (unpaired) electrons. The van der Waals surface area contributed by atoms with Gasteiger partial charge < -0.3 is 9.15 Å². The average molecular weight is 386 g/mol. The van der Waals surface area contributed by atoms with Crippen molar-refractivity contribution in [2.45, 2.75) is 0 Å². The largest absolute Gasteiger partial charge is 0.496 e. The number of aromatic nitrogens is 1.